The van der Waals surface area contributed by atoms with Gasteiger partial charge in [0.05, 0.1) is 17.9 Å². The predicted octanol–water partition coefficient (Wildman–Crippen LogP) is 1.82. The standard InChI is InChI=1S/C11H9BrN2O3/c1-2-17-11(16)10(15)14-9-4-3-8(12)5-7(9)6-13/h3-5H,2H2,1H3,(H,14,15). The minimum atomic E-state index is -0.973. The molecule has 1 rings (SSSR count). The molecule has 0 aliphatic heterocycles. The highest BCUT2D eigenvalue weighted by Crippen LogP contribution is 2.20. The van der Waals surface area contributed by atoms with Gasteiger partial charge in [0.2, 0.25) is 0 Å². The zero-order valence-corrected chi connectivity index (χ0v) is 10.6. The van der Waals surface area contributed by atoms with E-state index in [0.717, 1.165) is 0 Å². The molecule has 0 heterocycles. The van der Waals surface area contributed by atoms with E-state index in [1.807, 2.05) is 6.07 Å². The summed E-state index contributed by atoms with van der Waals surface area (Å²) in [5, 5.41) is 11.2. The van der Waals surface area contributed by atoms with Gasteiger partial charge in [-0.2, -0.15) is 5.26 Å². The molecular formula is C11H9BrN2O3. The van der Waals surface area contributed by atoms with E-state index >= 15 is 0 Å². The zero-order valence-electron chi connectivity index (χ0n) is 8.99. The molecule has 5 nitrogen and oxygen atoms in total. The zero-order chi connectivity index (χ0) is 12.8. The summed E-state index contributed by atoms with van der Waals surface area (Å²) < 4.78 is 5.24. The molecule has 0 saturated heterocycles. The smallest absolute Gasteiger partial charge is 0.397 e. The SMILES string of the molecule is CCOC(=O)C(=O)Nc1ccc(Br)cc1C#N. The molecule has 0 spiro atoms. The lowest BCUT2D eigenvalue weighted by atomic mass is 10.2. The van der Waals surface area contributed by atoms with E-state index in [1.165, 1.54) is 6.07 Å². The van der Waals surface area contributed by atoms with Crippen LogP contribution in [0.5, 0.6) is 0 Å². The lowest BCUT2D eigenvalue weighted by Crippen LogP contribution is -2.25. The van der Waals surface area contributed by atoms with Gasteiger partial charge >= 0.3 is 11.9 Å². The Kier molecular flexibility index (Phi) is 4.67. The Hall–Kier alpha value is -1.87. The number of rotatable bonds is 2. The van der Waals surface area contributed by atoms with Crippen LogP contribution in [0.3, 0.4) is 0 Å². The molecule has 0 bridgehead atoms. The van der Waals surface area contributed by atoms with Crippen LogP contribution in [0, 0.1) is 11.3 Å². The lowest BCUT2D eigenvalue weighted by molar-refractivity contribution is -0.152. The van der Waals surface area contributed by atoms with Gasteiger partial charge in [0.1, 0.15) is 6.07 Å². The lowest BCUT2D eigenvalue weighted by Gasteiger charge is -2.06. The van der Waals surface area contributed by atoms with Crippen molar-refractivity contribution >= 4 is 33.5 Å². The quantitative estimate of drug-likeness (QED) is 0.667. The van der Waals surface area contributed by atoms with Crippen molar-refractivity contribution in [1.29, 1.82) is 5.26 Å². The van der Waals surface area contributed by atoms with Crippen molar-refractivity contribution in [3.05, 3.63) is 28.2 Å². The van der Waals surface area contributed by atoms with E-state index in [9.17, 15) is 9.59 Å². The van der Waals surface area contributed by atoms with Crippen LogP contribution < -0.4 is 5.32 Å². The third-order valence-electron chi connectivity index (χ3n) is 1.81. The maximum absolute atomic E-state index is 11.3. The van der Waals surface area contributed by atoms with Crippen LogP contribution in [-0.4, -0.2) is 18.5 Å². The summed E-state index contributed by atoms with van der Waals surface area (Å²) in [6, 6.07) is 6.64. The van der Waals surface area contributed by atoms with Gasteiger partial charge in [-0.1, -0.05) is 15.9 Å². The number of hydrogen-bond acceptors (Lipinski definition) is 4. The highest BCUT2D eigenvalue weighted by molar-refractivity contribution is 9.10. The molecule has 0 aromatic heterocycles. The monoisotopic (exact) mass is 296 g/mol. The topological polar surface area (TPSA) is 79.2 Å². The second-order valence-corrected chi connectivity index (χ2v) is 3.89. The molecule has 17 heavy (non-hydrogen) atoms. The minimum Gasteiger partial charge on any atom is -0.459 e. The maximum Gasteiger partial charge on any atom is 0.397 e. The largest absolute Gasteiger partial charge is 0.459 e. The molecule has 1 N–H and O–H groups in total. The molecule has 0 atom stereocenters. The second-order valence-electron chi connectivity index (χ2n) is 2.98. The van der Waals surface area contributed by atoms with Crippen LogP contribution in [0.15, 0.2) is 22.7 Å². The molecule has 0 aliphatic carbocycles. The first-order valence-corrected chi connectivity index (χ1v) is 5.55. The number of nitriles is 1. The van der Waals surface area contributed by atoms with E-state index in [0.29, 0.717) is 4.47 Å². The summed E-state index contributed by atoms with van der Waals surface area (Å²) in [5.74, 6) is -1.87. The first-order chi connectivity index (χ1) is 8.08. The number of amides is 1. The molecule has 0 aliphatic rings. The van der Waals surface area contributed by atoms with E-state index in [-0.39, 0.29) is 17.9 Å². The predicted molar refractivity (Wildman–Crippen MR) is 64.1 cm³/mol. The van der Waals surface area contributed by atoms with Crippen LogP contribution in [0.4, 0.5) is 5.69 Å². The van der Waals surface area contributed by atoms with Crippen LogP contribution in [0.2, 0.25) is 0 Å². The summed E-state index contributed by atoms with van der Waals surface area (Å²) in [6.07, 6.45) is 0. The van der Waals surface area contributed by atoms with Crippen LogP contribution in [-0.2, 0) is 14.3 Å². The molecular weight excluding hydrogens is 288 g/mol. The molecule has 0 fully saturated rings. The highest BCUT2D eigenvalue weighted by atomic mass is 79.9. The second kappa shape index (κ2) is 6.01. The Labute approximate surface area is 107 Å². The van der Waals surface area contributed by atoms with Gasteiger partial charge in [0.15, 0.2) is 0 Å². The van der Waals surface area contributed by atoms with E-state index in [2.05, 4.69) is 26.0 Å². The van der Waals surface area contributed by atoms with Crippen molar-refractivity contribution in [2.75, 3.05) is 11.9 Å². The summed E-state index contributed by atoms with van der Waals surface area (Å²) >= 11 is 3.20. The van der Waals surface area contributed by atoms with Gasteiger partial charge in [-0.3, -0.25) is 4.79 Å². The normalized spacial score (nSPS) is 9.24. The van der Waals surface area contributed by atoms with Crippen molar-refractivity contribution in [2.45, 2.75) is 6.92 Å². The van der Waals surface area contributed by atoms with Crippen LogP contribution in [0.25, 0.3) is 0 Å². The molecule has 0 saturated carbocycles. The average Bonchev–Trinajstić information content (AvgIpc) is 2.31. The molecule has 6 heteroatoms. The molecule has 0 radical (unpaired) electrons. The summed E-state index contributed by atoms with van der Waals surface area (Å²) in [6.45, 7) is 1.73. The average molecular weight is 297 g/mol. The number of benzene rings is 1. The van der Waals surface area contributed by atoms with E-state index < -0.39 is 11.9 Å². The van der Waals surface area contributed by atoms with Gasteiger partial charge in [0.25, 0.3) is 0 Å². The number of carbonyl (C=O) groups excluding carboxylic acids is 2. The molecule has 1 aromatic rings. The summed E-state index contributed by atoms with van der Waals surface area (Å²) in [4.78, 5) is 22.4. The van der Waals surface area contributed by atoms with E-state index in [1.54, 1.807) is 19.1 Å². The number of nitrogens with zero attached hydrogens (tertiary/aromatic N) is 1. The first-order valence-electron chi connectivity index (χ1n) is 4.76. The Morgan fingerprint density at radius 2 is 2.24 bits per heavy atom. The molecule has 0 unspecified atom stereocenters. The van der Waals surface area contributed by atoms with Gasteiger partial charge in [-0.05, 0) is 25.1 Å². The number of esters is 1. The summed E-state index contributed by atoms with van der Waals surface area (Å²) in [7, 11) is 0. The van der Waals surface area contributed by atoms with E-state index in [4.69, 9.17) is 5.26 Å². The fraction of sp³-hybridized carbons (Fsp3) is 0.182. The number of ether oxygens (including phenoxy) is 1. The van der Waals surface area contributed by atoms with Crippen molar-refractivity contribution in [3.8, 4) is 6.07 Å². The summed E-state index contributed by atoms with van der Waals surface area (Å²) in [5.41, 5.74) is 0.533. The Morgan fingerprint density at radius 3 is 2.82 bits per heavy atom. The third-order valence-corrected chi connectivity index (χ3v) is 2.30. The third kappa shape index (κ3) is 3.57. The first kappa shape index (κ1) is 13.2. The van der Waals surface area contributed by atoms with Crippen LogP contribution >= 0.6 is 15.9 Å². The van der Waals surface area contributed by atoms with Crippen molar-refractivity contribution < 1.29 is 14.3 Å². The fourth-order valence-electron chi connectivity index (χ4n) is 1.09. The number of hydrogen-bond donors (Lipinski definition) is 1. The molecule has 88 valence electrons. The van der Waals surface area contributed by atoms with Crippen LogP contribution in [0.1, 0.15) is 12.5 Å². The van der Waals surface area contributed by atoms with Crippen molar-refractivity contribution in [1.82, 2.24) is 0 Å². The number of anilines is 1. The fourth-order valence-corrected chi connectivity index (χ4v) is 1.45. The van der Waals surface area contributed by atoms with Gasteiger partial charge in [0, 0.05) is 4.47 Å². The van der Waals surface area contributed by atoms with Crippen molar-refractivity contribution in [2.24, 2.45) is 0 Å². The Bertz CT molecular complexity index is 494. The maximum atomic E-state index is 11.3. The Morgan fingerprint density at radius 1 is 1.53 bits per heavy atom. The number of carbonyl (C=O) groups is 2. The number of halogens is 1. The molecule has 1 aromatic carbocycles. The van der Waals surface area contributed by atoms with Gasteiger partial charge < -0.3 is 10.1 Å². The number of nitrogens with one attached hydrogen (secondary N) is 1. The van der Waals surface area contributed by atoms with Crippen molar-refractivity contribution in [3.63, 3.8) is 0 Å². The minimum absolute atomic E-state index is 0.123. The molecule has 1 amide bonds. The highest BCUT2D eigenvalue weighted by Gasteiger charge is 2.16. The van der Waals surface area contributed by atoms with Gasteiger partial charge in [-0.15, -0.1) is 0 Å². The Balaban J connectivity index is 2.86. The van der Waals surface area contributed by atoms with Gasteiger partial charge in [-0.25, -0.2) is 4.79 Å².